The van der Waals surface area contributed by atoms with Gasteiger partial charge in [0.05, 0.1) is 0 Å². The van der Waals surface area contributed by atoms with E-state index in [-0.39, 0.29) is 5.56 Å². The second kappa shape index (κ2) is 4.10. The molecule has 18 heavy (non-hydrogen) atoms. The first-order valence-electron chi connectivity index (χ1n) is 5.42. The van der Waals surface area contributed by atoms with Gasteiger partial charge >= 0.3 is 0 Å². The number of anilines is 1. The summed E-state index contributed by atoms with van der Waals surface area (Å²) in [5.41, 5.74) is 0.213. The molecule has 90 valence electrons. The molecule has 1 aromatic carbocycles. The number of nitrogens with zero attached hydrogens (tertiary/aromatic N) is 1. The number of hydrogen-bond acceptors (Lipinski definition) is 3. The number of pyridine rings is 1. The Labute approximate surface area is 102 Å². The van der Waals surface area contributed by atoms with Gasteiger partial charge in [-0.2, -0.15) is 0 Å². The second-order valence-corrected chi connectivity index (χ2v) is 3.86. The summed E-state index contributed by atoms with van der Waals surface area (Å²) in [6.45, 7) is 0. The molecule has 1 N–H and O–H groups in total. The highest BCUT2D eigenvalue weighted by molar-refractivity contribution is 5.97. The average molecular weight is 244 g/mol. The molecule has 0 saturated heterocycles. The lowest BCUT2D eigenvalue weighted by Crippen LogP contribution is -2.31. The third-order valence-corrected chi connectivity index (χ3v) is 2.68. The maximum atomic E-state index is 13.6. The third-order valence-electron chi connectivity index (χ3n) is 2.68. The number of ether oxygens (including phenoxy) is 1. The molecule has 1 atom stereocenters. The van der Waals surface area contributed by atoms with E-state index >= 15 is 0 Å². The van der Waals surface area contributed by atoms with Gasteiger partial charge in [-0.25, -0.2) is 9.37 Å². The van der Waals surface area contributed by atoms with Crippen LogP contribution >= 0.6 is 0 Å². The summed E-state index contributed by atoms with van der Waals surface area (Å²) in [6, 6.07) is 9.42. The first-order chi connectivity index (χ1) is 8.75. The average Bonchev–Trinajstić information content (AvgIpc) is 2.39. The highest BCUT2D eigenvalue weighted by Gasteiger charge is 2.31. The monoisotopic (exact) mass is 244 g/mol. The summed E-state index contributed by atoms with van der Waals surface area (Å²) < 4.78 is 19.1. The van der Waals surface area contributed by atoms with E-state index in [1.807, 2.05) is 0 Å². The summed E-state index contributed by atoms with van der Waals surface area (Å²) in [5.74, 6) is -0.100. The number of nitrogens with one attached hydrogen (secondary N) is 1. The molecule has 3 rings (SSSR count). The molecule has 5 heteroatoms. The topological polar surface area (TPSA) is 51.2 Å². The van der Waals surface area contributed by atoms with Gasteiger partial charge in [-0.15, -0.1) is 0 Å². The van der Waals surface area contributed by atoms with Crippen molar-refractivity contribution in [3.8, 4) is 5.75 Å². The van der Waals surface area contributed by atoms with E-state index in [4.69, 9.17) is 4.74 Å². The van der Waals surface area contributed by atoms with Gasteiger partial charge in [-0.05, 0) is 18.2 Å². The highest BCUT2D eigenvalue weighted by atomic mass is 19.1. The number of hydrogen-bond donors (Lipinski definition) is 1. The van der Waals surface area contributed by atoms with Gasteiger partial charge in [0.2, 0.25) is 6.10 Å². The molecule has 1 unspecified atom stereocenters. The number of aromatic nitrogens is 1. The SMILES string of the molecule is O=C1Nc2ncccc2OC1c1ccccc1F. The molecule has 1 aromatic heterocycles. The van der Waals surface area contributed by atoms with E-state index in [1.54, 1.807) is 30.5 Å². The molecule has 0 bridgehead atoms. The summed E-state index contributed by atoms with van der Waals surface area (Å²) in [4.78, 5) is 15.8. The Hall–Kier alpha value is -2.43. The first-order valence-corrected chi connectivity index (χ1v) is 5.42. The smallest absolute Gasteiger partial charge is 0.271 e. The fourth-order valence-electron chi connectivity index (χ4n) is 1.83. The van der Waals surface area contributed by atoms with Gasteiger partial charge in [0.15, 0.2) is 11.6 Å². The quantitative estimate of drug-likeness (QED) is 0.837. The number of fused-ring (bicyclic) bond motifs is 1. The Balaban J connectivity index is 2.01. The van der Waals surface area contributed by atoms with Gasteiger partial charge in [0.25, 0.3) is 5.91 Å². The number of rotatable bonds is 1. The molecule has 1 aliphatic rings. The minimum atomic E-state index is -0.983. The lowest BCUT2D eigenvalue weighted by molar-refractivity contribution is -0.124. The van der Waals surface area contributed by atoms with Gasteiger partial charge in [-0.1, -0.05) is 18.2 Å². The number of carbonyl (C=O) groups excluding carboxylic acids is 1. The molecule has 1 amide bonds. The number of carbonyl (C=O) groups is 1. The Morgan fingerprint density at radius 2 is 2.06 bits per heavy atom. The molecule has 0 radical (unpaired) electrons. The van der Waals surface area contributed by atoms with Crippen molar-refractivity contribution in [2.45, 2.75) is 6.10 Å². The van der Waals surface area contributed by atoms with Crippen molar-refractivity contribution < 1.29 is 13.9 Å². The standard InChI is InChI=1S/C13H9FN2O2/c14-9-5-2-1-4-8(9)11-13(17)16-12-10(18-11)6-3-7-15-12/h1-7,11H,(H,15,16,17). The second-order valence-electron chi connectivity index (χ2n) is 3.86. The molecule has 4 nitrogen and oxygen atoms in total. The molecule has 0 spiro atoms. The van der Waals surface area contributed by atoms with E-state index in [2.05, 4.69) is 10.3 Å². The molecule has 0 fully saturated rings. The van der Waals surface area contributed by atoms with Crippen LogP contribution in [0.3, 0.4) is 0 Å². The lowest BCUT2D eigenvalue weighted by Gasteiger charge is -2.25. The van der Waals surface area contributed by atoms with Crippen molar-refractivity contribution >= 4 is 11.7 Å². The molecule has 2 aromatic rings. The maximum absolute atomic E-state index is 13.6. The number of benzene rings is 1. The van der Waals surface area contributed by atoms with Crippen molar-refractivity contribution in [1.29, 1.82) is 0 Å². The summed E-state index contributed by atoms with van der Waals surface area (Å²) in [5, 5.41) is 2.59. The zero-order valence-corrected chi connectivity index (χ0v) is 9.26. The van der Waals surface area contributed by atoms with Crippen LogP contribution in [0.2, 0.25) is 0 Å². The Bertz CT molecular complexity index is 615. The van der Waals surface area contributed by atoms with E-state index in [0.29, 0.717) is 11.6 Å². The van der Waals surface area contributed by atoms with Crippen molar-refractivity contribution in [2.75, 3.05) is 5.32 Å². The molecular weight excluding hydrogens is 235 g/mol. The van der Waals surface area contributed by atoms with E-state index < -0.39 is 17.8 Å². The van der Waals surface area contributed by atoms with Crippen LogP contribution in [0.4, 0.5) is 10.2 Å². The van der Waals surface area contributed by atoms with Crippen molar-refractivity contribution in [1.82, 2.24) is 4.98 Å². The van der Waals surface area contributed by atoms with Crippen LogP contribution < -0.4 is 10.1 Å². The van der Waals surface area contributed by atoms with Crippen LogP contribution in [0.25, 0.3) is 0 Å². The van der Waals surface area contributed by atoms with Crippen LogP contribution in [0.15, 0.2) is 42.6 Å². The number of halogens is 1. The maximum Gasteiger partial charge on any atom is 0.271 e. The predicted octanol–water partition coefficient (Wildman–Crippen LogP) is 2.29. The fraction of sp³-hybridized carbons (Fsp3) is 0.0769. The van der Waals surface area contributed by atoms with Crippen LogP contribution in [0, 0.1) is 5.82 Å². The van der Waals surface area contributed by atoms with E-state index in [9.17, 15) is 9.18 Å². The fourth-order valence-corrected chi connectivity index (χ4v) is 1.83. The van der Waals surface area contributed by atoms with Crippen molar-refractivity contribution in [2.24, 2.45) is 0 Å². The van der Waals surface area contributed by atoms with Gasteiger partial charge < -0.3 is 10.1 Å². The zero-order valence-electron chi connectivity index (χ0n) is 9.26. The normalized spacial score (nSPS) is 17.6. The molecule has 2 heterocycles. The summed E-state index contributed by atoms with van der Waals surface area (Å²) in [6.07, 6.45) is 0.564. The van der Waals surface area contributed by atoms with Crippen LogP contribution in [-0.4, -0.2) is 10.9 Å². The lowest BCUT2D eigenvalue weighted by atomic mass is 10.1. The van der Waals surface area contributed by atoms with E-state index in [0.717, 1.165) is 0 Å². The number of amides is 1. The van der Waals surface area contributed by atoms with Crippen LogP contribution in [0.1, 0.15) is 11.7 Å². The van der Waals surface area contributed by atoms with E-state index in [1.165, 1.54) is 12.1 Å². The molecule has 1 aliphatic heterocycles. The summed E-state index contributed by atoms with van der Waals surface area (Å²) >= 11 is 0. The van der Waals surface area contributed by atoms with Gasteiger partial charge in [0.1, 0.15) is 5.82 Å². The largest absolute Gasteiger partial charge is 0.472 e. The zero-order chi connectivity index (χ0) is 12.5. The van der Waals surface area contributed by atoms with Crippen molar-refractivity contribution in [3.63, 3.8) is 0 Å². The summed E-state index contributed by atoms with van der Waals surface area (Å²) in [7, 11) is 0. The van der Waals surface area contributed by atoms with Crippen LogP contribution in [0.5, 0.6) is 5.75 Å². The molecule has 0 saturated carbocycles. The van der Waals surface area contributed by atoms with Gasteiger partial charge in [-0.3, -0.25) is 4.79 Å². The minimum Gasteiger partial charge on any atom is -0.472 e. The Kier molecular flexibility index (Phi) is 2.44. The predicted molar refractivity (Wildman–Crippen MR) is 62.6 cm³/mol. The Morgan fingerprint density at radius 3 is 2.89 bits per heavy atom. The minimum absolute atomic E-state index is 0.213. The highest BCUT2D eigenvalue weighted by Crippen LogP contribution is 2.33. The Morgan fingerprint density at radius 1 is 1.22 bits per heavy atom. The van der Waals surface area contributed by atoms with Gasteiger partial charge in [0, 0.05) is 11.8 Å². The molecular formula is C13H9FN2O2. The van der Waals surface area contributed by atoms with Crippen LogP contribution in [-0.2, 0) is 4.79 Å². The molecule has 0 aliphatic carbocycles. The first kappa shape index (κ1) is 10.7. The third kappa shape index (κ3) is 1.69. The van der Waals surface area contributed by atoms with Crippen molar-refractivity contribution in [3.05, 3.63) is 54.0 Å².